The number of carbonyl (C=O) groups excluding carboxylic acids is 1. The normalized spacial score (nSPS) is 11.2. The molecule has 0 saturated carbocycles. The summed E-state index contributed by atoms with van der Waals surface area (Å²) in [4.78, 5) is 11.7. The lowest BCUT2D eigenvalue weighted by atomic mass is 10.2. The topological polar surface area (TPSA) is 72.5 Å². The molecule has 0 bridgehead atoms. The predicted octanol–water partition coefficient (Wildman–Crippen LogP) is 3.08. The van der Waals surface area contributed by atoms with Gasteiger partial charge in [0, 0.05) is 18.1 Å². The molecule has 0 saturated heterocycles. The lowest BCUT2D eigenvalue weighted by Crippen LogP contribution is -2.26. The van der Waals surface area contributed by atoms with Crippen molar-refractivity contribution in [2.45, 2.75) is 17.6 Å². The van der Waals surface area contributed by atoms with Crippen LogP contribution in [-0.2, 0) is 20.5 Å². The summed E-state index contributed by atoms with van der Waals surface area (Å²) in [5.41, 5.74) is 1.55. The molecule has 0 heterocycles. The maximum atomic E-state index is 12.2. The van der Waals surface area contributed by atoms with Crippen LogP contribution >= 0.6 is 11.8 Å². The Hall–Kier alpha value is -1.83. The first-order valence-electron chi connectivity index (χ1n) is 7.91. The highest BCUT2D eigenvalue weighted by Gasteiger charge is 2.14. The van der Waals surface area contributed by atoms with E-state index >= 15 is 0 Å². The summed E-state index contributed by atoms with van der Waals surface area (Å²) in [6.45, 7) is 2.34. The number of sulfonamides is 1. The smallest absolute Gasteiger partial charge is 0.338 e. The minimum absolute atomic E-state index is 0.133. The molecular formula is C18H21NO4S2. The monoisotopic (exact) mass is 379 g/mol. The number of benzene rings is 2. The second kappa shape index (κ2) is 9.60. The van der Waals surface area contributed by atoms with Gasteiger partial charge in [0.1, 0.15) is 0 Å². The van der Waals surface area contributed by atoms with Gasteiger partial charge >= 0.3 is 5.97 Å². The number of carbonyl (C=O) groups is 1. The van der Waals surface area contributed by atoms with Crippen LogP contribution in [0.4, 0.5) is 0 Å². The van der Waals surface area contributed by atoms with E-state index in [-0.39, 0.29) is 11.5 Å². The Balaban J connectivity index is 1.81. The predicted molar refractivity (Wildman–Crippen MR) is 100 cm³/mol. The van der Waals surface area contributed by atoms with Gasteiger partial charge in [-0.15, -0.1) is 0 Å². The third-order valence-corrected chi connectivity index (χ3v) is 5.83. The molecular weight excluding hydrogens is 358 g/mol. The Labute approximate surface area is 152 Å². The highest BCUT2D eigenvalue weighted by molar-refractivity contribution is 7.98. The SMILES string of the molecule is CCOC(=O)c1ccc(S(=O)(=O)NCCSCc2ccccc2)cc1. The second-order valence-electron chi connectivity index (χ2n) is 5.18. The van der Waals surface area contributed by atoms with E-state index in [1.54, 1.807) is 18.7 Å². The van der Waals surface area contributed by atoms with Gasteiger partial charge in [-0.2, -0.15) is 11.8 Å². The molecule has 0 amide bonds. The van der Waals surface area contributed by atoms with Crippen molar-refractivity contribution in [3.8, 4) is 0 Å². The van der Waals surface area contributed by atoms with Gasteiger partial charge in [0.15, 0.2) is 0 Å². The van der Waals surface area contributed by atoms with Gasteiger partial charge in [-0.1, -0.05) is 30.3 Å². The molecule has 0 spiro atoms. The average molecular weight is 380 g/mol. The van der Waals surface area contributed by atoms with E-state index < -0.39 is 16.0 Å². The number of esters is 1. The zero-order valence-corrected chi connectivity index (χ0v) is 15.6. The van der Waals surface area contributed by atoms with Crippen LogP contribution in [0.1, 0.15) is 22.8 Å². The van der Waals surface area contributed by atoms with Gasteiger partial charge in [-0.25, -0.2) is 17.9 Å². The standard InChI is InChI=1S/C18H21NO4S2/c1-2-23-18(20)16-8-10-17(11-9-16)25(21,22)19-12-13-24-14-15-6-4-3-5-7-15/h3-11,19H,2,12-14H2,1H3. The molecule has 25 heavy (non-hydrogen) atoms. The zero-order chi connectivity index (χ0) is 18.1. The maximum Gasteiger partial charge on any atom is 0.338 e. The Bertz CT molecular complexity index is 774. The molecule has 0 aliphatic heterocycles. The van der Waals surface area contributed by atoms with Crippen LogP contribution < -0.4 is 4.72 Å². The van der Waals surface area contributed by atoms with Crippen LogP contribution in [-0.4, -0.2) is 33.3 Å². The van der Waals surface area contributed by atoms with Gasteiger partial charge in [0.2, 0.25) is 10.0 Å². The zero-order valence-electron chi connectivity index (χ0n) is 14.0. The first-order chi connectivity index (χ1) is 12.0. The molecule has 0 aliphatic carbocycles. The molecule has 0 atom stereocenters. The van der Waals surface area contributed by atoms with Gasteiger partial charge < -0.3 is 4.74 Å². The Morgan fingerprint density at radius 1 is 1.08 bits per heavy atom. The summed E-state index contributed by atoms with van der Waals surface area (Å²) in [6, 6.07) is 15.8. The van der Waals surface area contributed by atoms with Gasteiger partial charge in [0.25, 0.3) is 0 Å². The quantitative estimate of drug-likeness (QED) is 0.535. The van der Waals surface area contributed by atoms with Crippen molar-refractivity contribution in [3.05, 3.63) is 65.7 Å². The van der Waals surface area contributed by atoms with Crippen molar-refractivity contribution in [1.82, 2.24) is 4.72 Å². The van der Waals surface area contributed by atoms with Gasteiger partial charge in [-0.05, 0) is 36.8 Å². The number of hydrogen-bond acceptors (Lipinski definition) is 5. The van der Waals surface area contributed by atoms with Crippen molar-refractivity contribution in [1.29, 1.82) is 0 Å². The number of thioether (sulfide) groups is 1. The van der Waals surface area contributed by atoms with E-state index in [4.69, 9.17) is 4.74 Å². The third kappa shape index (κ3) is 6.19. The van der Waals surface area contributed by atoms with E-state index in [9.17, 15) is 13.2 Å². The van der Waals surface area contributed by atoms with E-state index in [1.807, 2.05) is 30.3 Å². The summed E-state index contributed by atoms with van der Waals surface area (Å²) in [7, 11) is -3.58. The molecule has 0 fully saturated rings. The third-order valence-electron chi connectivity index (χ3n) is 3.33. The maximum absolute atomic E-state index is 12.2. The molecule has 2 rings (SSSR count). The largest absolute Gasteiger partial charge is 0.462 e. The summed E-state index contributed by atoms with van der Waals surface area (Å²) in [5, 5.41) is 0. The minimum Gasteiger partial charge on any atom is -0.462 e. The number of nitrogens with one attached hydrogen (secondary N) is 1. The first kappa shape index (κ1) is 19.5. The summed E-state index contributed by atoms with van der Waals surface area (Å²) in [6.07, 6.45) is 0. The number of ether oxygens (including phenoxy) is 1. The number of hydrogen-bond donors (Lipinski definition) is 1. The fourth-order valence-corrected chi connectivity index (χ4v) is 4.06. The van der Waals surface area contributed by atoms with Crippen molar-refractivity contribution in [2.75, 3.05) is 18.9 Å². The molecule has 0 aromatic heterocycles. The highest BCUT2D eigenvalue weighted by atomic mass is 32.2. The molecule has 5 nitrogen and oxygen atoms in total. The Kier molecular flexibility index (Phi) is 7.49. The minimum atomic E-state index is -3.58. The van der Waals surface area contributed by atoms with Crippen LogP contribution in [0, 0.1) is 0 Å². The van der Waals surface area contributed by atoms with Crippen molar-refractivity contribution in [3.63, 3.8) is 0 Å². The molecule has 0 radical (unpaired) electrons. The van der Waals surface area contributed by atoms with Crippen LogP contribution in [0.2, 0.25) is 0 Å². The summed E-state index contributed by atoms with van der Waals surface area (Å²) >= 11 is 1.67. The molecule has 0 aliphatic rings. The second-order valence-corrected chi connectivity index (χ2v) is 8.05. The molecule has 7 heteroatoms. The Morgan fingerprint density at radius 3 is 2.40 bits per heavy atom. The lowest BCUT2D eigenvalue weighted by Gasteiger charge is -2.08. The van der Waals surface area contributed by atoms with E-state index in [0.29, 0.717) is 17.9 Å². The lowest BCUT2D eigenvalue weighted by molar-refractivity contribution is 0.0526. The van der Waals surface area contributed by atoms with Gasteiger partial charge in [0.05, 0.1) is 17.1 Å². The van der Waals surface area contributed by atoms with Crippen molar-refractivity contribution in [2.24, 2.45) is 0 Å². The molecule has 2 aromatic rings. The summed E-state index contributed by atoms with van der Waals surface area (Å²) in [5.74, 6) is 1.06. The van der Waals surface area contributed by atoms with Crippen molar-refractivity contribution >= 4 is 27.8 Å². The molecule has 134 valence electrons. The first-order valence-corrected chi connectivity index (χ1v) is 10.5. The Morgan fingerprint density at radius 2 is 1.76 bits per heavy atom. The van der Waals surface area contributed by atoms with Crippen LogP contribution in [0.15, 0.2) is 59.5 Å². The van der Waals surface area contributed by atoms with Crippen molar-refractivity contribution < 1.29 is 17.9 Å². The van der Waals surface area contributed by atoms with Gasteiger partial charge in [-0.3, -0.25) is 0 Å². The van der Waals surface area contributed by atoms with Crippen LogP contribution in [0.25, 0.3) is 0 Å². The number of rotatable bonds is 9. The molecule has 2 aromatic carbocycles. The fourth-order valence-electron chi connectivity index (χ4n) is 2.08. The van der Waals surface area contributed by atoms with Crippen LogP contribution in [0.5, 0.6) is 0 Å². The highest BCUT2D eigenvalue weighted by Crippen LogP contribution is 2.13. The van der Waals surface area contributed by atoms with E-state index in [0.717, 1.165) is 5.75 Å². The fraction of sp³-hybridized carbons (Fsp3) is 0.278. The van der Waals surface area contributed by atoms with Crippen LogP contribution in [0.3, 0.4) is 0 Å². The summed E-state index contributed by atoms with van der Waals surface area (Å²) < 4.78 is 31.9. The molecule has 1 N–H and O–H groups in total. The molecule has 0 unspecified atom stereocenters. The average Bonchev–Trinajstić information content (AvgIpc) is 2.62. The van der Waals surface area contributed by atoms with E-state index in [2.05, 4.69) is 4.72 Å². The van der Waals surface area contributed by atoms with E-state index in [1.165, 1.54) is 29.8 Å².